The Bertz CT molecular complexity index is 854. The zero-order valence-corrected chi connectivity index (χ0v) is 16.0. The van der Waals surface area contributed by atoms with E-state index < -0.39 is 18.5 Å². The molecule has 2 rings (SSSR count). The number of anilines is 2. The lowest BCUT2D eigenvalue weighted by Gasteiger charge is -2.13. The summed E-state index contributed by atoms with van der Waals surface area (Å²) in [4.78, 5) is 36.3. The van der Waals surface area contributed by atoms with Crippen LogP contribution in [0.2, 0.25) is 0 Å². The smallest absolute Gasteiger partial charge is 0.339 e. The largest absolute Gasteiger partial charge is 0.495 e. The van der Waals surface area contributed by atoms with Crippen molar-refractivity contribution in [3.63, 3.8) is 0 Å². The quantitative estimate of drug-likeness (QED) is 0.559. The molecule has 7 nitrogen and oxygen atoms in total. The molecule has 0 saturated heterocycles. The fraction of sp³-hybridized carbons (Fsp3) is 0.211. The zero-order chi connectivity index (χ0) is 19.8. The van der Waals surface area contributed by atoms with E-state index >= 15 is 0 Å². The average Bonchev–Trinajstić information content (AvgIpc) is 2.65. The van der Waals surface area contributed by atoms with Crippen molar-refractivity contribution in [2.45, 2.75) is 11.8 Å². The summed E-state index contributed by atoms with van der Waals surface area (Å²) in [6.07, 6.45) is 1.85. The average molecular weight is 388 g/mol. The molecule has 2 N–H and O–H groups in total. The number of benzene rings is 2. The Labute approximate surface area is 161 Å². The number of esters is 1. The first-order chi connectivity index (χ1) is 12.9. The third-order valence-electron chi connectivity index (χ3n) is 3.46. The van der Waals surface area contributed by atoms with Gasteiger partial charge < -0.3 is 20.1 Å². The van der Waals surface area contributed by atoms with Gasteiger partial charge in [0.05, 0.1) is 18.4 Å². The Morgan fingerprint density at radius 3 is 2.48 bits per heavy atom. The van der Waals surface area contributed by atoms with Crippen LogP contribution in [0.5, 0.6) is 5.75 Å². The molecule has 0 aliphatic carbocycles. The van der Waals surface area contributed by atoms with Gasteiger partial charge in [0, 0.05) is 17.5 Å². The van der Waals surface area contributed by atoms with Gasteiger partial charge in [-0.2, -0.15) is 0 Å². The molecule has 2 amide bonds. The summed E-state index contributed by atoms with van der Waals surface area (Å²) in [6.45, 7) is 0.934. The lowest BCUT2D eigenvalue weighted by atomic mass is 10.2. The van der Waals surface area contributed by atoms with E-state index in [1.807, 2.05) is 12.3 Å². The van der Waals surface area contributed by atoms with E-state index in [0.717, 1.165) is 4.90 Å². The number of methoxy groups -OCH3 is 1. The molecule has 0 unspecified atom stereocenters. The lowest BCUT2D eigenvalue weighted by Crippen LogP contribution is -2.21. The molecule has 0 atom stereocenters. The Kier molecular flexibility index (Phi) is 7.25. The summed E-state index contributed by atoms with van der Waals surface area (Å²) >= 11 is 1.42. The fourth-order valence-corrected chi connectivity index (χ4v) is 2.88. The van der Waals surface area contributed by atoms with Crippen LogP contribution in [0, 0.1) is 0 Å². The van der Waals surface area contributed by atoms with Gasteiger partial charge in [-0.25, -0.2) is 4.79 Å². The van der Waals surface area contributed by atoms with Gasteiger partial charge in [-0.3, -0.25) is 9.59 Å². The molecule has 142 valence electrons. The van der Waals surface area contributed by atoms with Gasteiger partial charge in [-0.15, -0.1) is 11.8 Å². The maximum Gasteiger partial charge on any atom is 0.339 e. The van der Waals surface area contributed by atoms with Gasteiger partial charge in [0.2, 0.25) is 5.91 Å². The maximum atomic E-state index is 12.2. The Balaban J connectivity index is 2.03. The predicted octanol–water partition coefficient (Wildman–Crippen LogP) is 3.17. The predicted molar refractivity (Wildman–Crippen MR) is 104 cm³/mol. The number of carbonyl (C=O) groups excluding carboxylic acids is 3. The summed E-state index contributed by atoms with van der Waals surface area (Å²) in [5.74, 6) is -0.923. The van der Waals surface area contributed by atoms with Gasteiger partial charge >= 0.3 is 5.97 Å². The first-order valence-corrected chi connectivity index (χ1v) is 9.22. The molecule has 0 fully saturated rings. The van der Waals surface area contributed by atoms with Gasteiger partial charge in [-0.05, 0) is 36.6 Å². The molecule has 0 aliphatic heterocycles. The molecular formula is C19H20N2O5S. The second-order valence-corrected chi connectivity index (χ2v) is 6.27. The van der Waals surface area contributed by atoms with Crippen molar-refractivity contribution in [2.24, 2.45) is 0 Å². The van der Waals surface area contributed by atoms with Crippen molar-refractivity contribution in [2.75, 3.05) is 30.6 Å². The minimum absolute atomic E-state index is 0.237. The monoisotopic (exact) mass is 388 g/mol. The standard InChI is InChI=1S/C19H20N2O5S/c1-12(22)20-13-8-9-16(25-2)15(10-13)21-18(23)11-26-19(24)14-6-4-5-7-17(14)27-3/h4-10H,11H2,1-3H3,(H,20,22)(H,21,23). The maximum absolute atomic E-state index is 12.2. The van der Waals surface area contributed by atoms with E-state index in [2.05, 4.69) is 10.6 Å². The number of hydrogen-bond donors (Lipinski definition) is 2. The Morgan fingerprint density at radius 1 is 1.07 bits per heavy atom. The molecule has 0 aromatic heterocycles. The highest BCUT2D eigenvalue weighted by Gasteiger charge is 2.15. The van der Waals surface area contributed by atoms with E-state index in [4.69, 9.17) is 9.47 Å². The number of amides is 2. The molecule has 0 aliphatic rings. The van der Waals surface area contributed by atoms with Crippen LogP contribution >= 0.6 is 11.8 Å². The van der Waals surface area contributed by atoms with Crippen LogP contribution in [-0.4, -0.2) is 37.8 Å². The van der Waals surface area contributed by atoms with Crippen molar-refractivity contribution < 1.29 is 23.9 Å². The van der Waals surface area contributed by atoms with Crippen LogP contribution in [0.3, 0.4) is 0 Å². The highest BCUT2D eigenvalue weighted by molar-refractivity contribution is 7.98. The Morgan fingerprint density at radius 2 is 1.81 bits per heavy atom. The SMILES string of the molecule is COc1ccc(NC(C)=O)cc1NC(=O)COC(=O)c1ccccc1SC. The molecule has 0 bridgehead atoms. The van der Waals surface area contributed by atoms with Crippen LogP contribution in [0.1, 0.15) is 17.3 Å². The molecule has 0 saturated carbocycles. The molecule has 0 radical (unpaired) electrons. The normalized spacial score (nSPS) is 10.0. The van der Waals surface area contributed by atoms with Crippen molar-refractivity contribution in [1.29, 1.82) is 0 Å². The van der Waals surface area contributed by atoms with Crippen molar-refractivity contribution in [1.82, 2.24) is 0 Å². The van der Waals surface area contributed by atoms with Crippen molar-refractivity contribution in [3.8, 4) is 5.75 Å². The number of nitrogens with one attached hydrogen (secondary N) is 2. The van der Waals surface area contributed by atoms with Gasteiger partial charge in [0.25, 0.3) is 5.91 Å². The van der Waals surface area contributed by atoms with Crippen LogP contribution in [0.25, 0.3) is 0 Å². The van der Waals surface area contributed by atoms with Crippen molar-refractivity contribution in [3.05, 3.63) is 48.0 Å². The van der Waals surface area contributed by atoms with Crippen molar-refractivity contribution >= 4 is 40.9 Å². The number of rotatable bonds is 7. The highest BCUT2D eigenvalue weighted by atomic mass is 32.2. The Hall–Kier alpha value is -3.00. The topological polar surface area (TPSA) is 93.7 Å². The summed E-state index contributed by atoms with van der Waals surface area (Å²) in [7, 11) is 1.46. The van der Waals surface area contributed by atoms with Gasteiger partial charge in [0.1, 0.15) is 5.75 Å². The van der Waals surface area contributed by atoms with E-state index in [0.29, 0.717) is 22.7 Å². The first-order valence-electron chi connectivity index (χ1n) is 8.00. The first kappa shape index (κ1) is 20.3. The second-order valence-electron chi connectivity index (χ2n) is 5.42. The third kappa shape index (κ3) is 5.75. The molecule has 2 aromatic rings. The number of hydrogen-bond acceptors (Lipinski definition) is 6. The van der Waals surface area contributed by atoms with Crippen LogP contribution in [0.4, 0.5) is 11.4 Å². The van der Waals surface area contributed by atoms with Gasteiger partial charge in [-0.1, -0.05) is 12.1 Å². The van der Waals surface area contributed by atoms with Crippen LogP contribution in [0.15, 0.2) is 47.4 Å². The zero-order valence-electron chi connectivity index (χ0n) is 15.2. The van der Waals surface area contributed by atoms with Crippen LogP contribution in [-0.2, 0) is 14.3 Å². The molecule has 0 heterocycles. The molecule has 0 spiro atoms. The minimum atomic E-state index is -0.575. The summed E-state index contributed by atoms with van der Waals surface area (Å²) < 4.78 is 10.3. The summed E-state index contributed by atoms with van der Waals surface area (Å²) in [6, 6.07) is 11.8. The van der Waals surface area contributed by atoms with Crippen LogP contribution < -0.4 is 15.4 Å². The molecule has 8 heteroatoms. The minimum Gasteiger partial charge on any atom is -0.495 e. The number of ether oxygens (including phenoxy) is 2. The molecular weight excluding hydrogens is 368 g/mol. The summed E-state index contributed by atoms with van der Waals surface area (Å²) in [5, 5.41) is 5.23. The van der Waals surface area contributed by atoms with E-state index in [9.17, 15) is 14.4 Å². The second kappa shape index (κ2) is 9.63. The third-order valence-corrected chi connectivity index (χ3v) is 4.25. The molecule has 2 aromatic carbocycles. The van der Waals surface area contributed by atoms with Gasteiger partial charge in [0.15, 0.2) is 6.61 Å². The fourth-order valence-electron chi connectivity index (χ4n) is 2.30. The highest BCUT2D eigenvalue weighted by Crippen LogP contribution is 2.28. The summed E-state index contributed by atoms with van der Waals surface area (Å²) in [5.41, 5.74) is 1.27. The lowest BCUT2D eigenvalue weighted by molar-refractivity contribution is -0.119. The van der Waals surface area contributed by atoms with E-state index in [-0.39, 0.29) is 5.91 Å². The number of thioether (sulfide) groups is 1. The molecule has 27 heavy (non-hydrogen) atoms. The van der Waals surface area contributed by atoms with E-state index in [1.165, 1.54) is 25.8 Å². The number of carbonyl (C=O) groups is 3. The van der Waals surface area contributed by atoms with E-state index in [1.54, 1.807) is 36.4 Å².